The second kappa shape index (κ2) is 12.2. The number of hydrogen-bond donors (Lipinski definition) is 2. The van der Waals surface area contributed by atoms with Crippen LogP contribution in [0.2, 0.25) is 0 Å². The first kappa shape index (κ1) is 25.2. The van der Waals surface area contributed by atoms with Crippen molar-refractivity contribution in [2.24, 2.45) is 11.3 Å². The Balaban J connectivity index is 1.27. The van der Waals surface area contributed by atoms with Crippen LogP contribution in [0.4, 0.5) is 0 Å². The number of likely N-dealkylation sites (tertiary alicyclic amines) is 2. The first-order valence-electron chi connectivity index (χ1n) is 13.6. The molecule has 3 aliphatic heterocycles. The number of rotatable bonds is 9. The molecule has 2 amide bonds. The maximum absolute atomic E-state index is 13.3. The first-order chi connectivity index (χ1) is 16.6. The van der Waals surface area contributed by atoms with Crippen LogP contribution in [0, 0.1) is 11.3 Å². The molecule has 3 aliphatic rings. The second-order valence-electron chi connectivity index (χ2n) is 10.8. The Hall–Kier alpha value is -1.92. The summed E-state index contributed by atoms with van der Waals surface area (Å²) >= 11 is 0. The van der Waals surface area contributed by atoms with Crippen LogP contribution >= 0.6 is 0 Å². The Morgan fingerprint density at radius 1 is 1.12 bits per heavy atom. The Morgan fingerprint density at radius 3 is 2.68 bits per heavy atom. The summed E-state index contributed by atoms with van der Waals surface area (Å²) in [6, 6.07) is 11.0. The van der Waals surface area contributed by atoms with Crippen molar-refractivity contribution in [3.63, 3.8) is 0 Å². The van der Waals surface area contributed by atoms with Crippen LogP contribution in [-0.2, 0) is 16.0 Å². The molecule has 0 aromatic heterocycles. The predicted molar refractivity (Wildman–Crippen MR) is 136 cm³/mol. The number of carbonyl (C=O) groups excluding carboxylic acids is 2. The summed E-state index contributed by atoms with van der Waals surface area (Å²) in [5.41, 5.74) is 1.22. The molecule has 0 saturated carbocycles. The highest BCUT2D eigenvalue weighted by Crippen LogP contribution is 2.43. The molecule has 3 saturated heterocycles. The van der Waals surface area contributed by atoms with E-state index in [1.54, 1.807) is 0 Å². The fraction of sp³-hybridized carbons (Fsp3) is 0.714. The number of hydrogen-bond acceptors (Lipinski definition) is 4. The third-order valence-corrected chi connectivity index (χ3v) is 8.48. The Labute approximate surface area is 205 Å². The van der Waals surface area contributed by atoms with Gasteiger partial charge in [0.2, 0.25) is 11.8 Å². The SMILES string of the molecule is CC1CCCCN1CCCNC(=O)C1CN(C(=O)CCCc2ccccc2)CC12CCNCC2. The maximum Gasteiger partial charge on any atom is 0.225 e. The fourth-order valence-corrected chi connectivity index (χ4v) is 6.30. The highest BCUT2D eigenvalue weighted by atomic mass is 16.2. The van der Waals surface area contributed by atoms with Gasteiger partial charge in [0, 0.05) is 44.1 Å². The van der Waals surface area contributed by atoms with Crippen molar-refractivity contribution in [2.75, 3.05) is 45.8 Å². The normalized spacial score (nSPS) is 24.9. The smallest absolute Gasteiger partial charge is 0.225 e. The summed E-state index contributed by atoms with van der Waals surface area (Å²) in [6.07, 6.45) is 9.23. The van der Waals surface area contributed by atoms with Crippen molar-refractivity contribution in [1.29, 1.82) is 0 Å². The zero-order valence-corrected chi connectivity index (χ0v) is 21.1. The molecule has 1 aromatic carbocycles. The van der Waals surface area contributed by atoms with E-state index in [2.05, 4.69) is 46.7 Å². The largest absolute Gasteiger partial charge is 0.356 e. The van der Waals surface area contributed by atoms with Gasteiger partial charge >= 0.3 is 0 Å². The standard InChI is InChI=1S/C28H44N4O2/c1-23-9-5-6-19-31(23)20-8-16-30-27(34)25-21-32(22-28(25)14-17-29-18-15-28)26(33)13-7-12-24-10-3-2-4-11-24/h2-4,10-11,23,25,29H,5-9,12-22H2,1H3,(H,30,34). The van der Waals surface area contributed by atoms with Crippen molar-refractivity contribution >= 4 is 11.8 Å². The minimum atomic E-state index is -0.0819. The maximum atomic E-state index is 13.3. The van der Waals surface area contributed by atoms with Crippen LogP contribution < -0.4 is 10.6 Å². The van der Waals surface area contributed by atoms with Gasteiger partial charge in [0.25, 0.3) is 0 Å². The van der Waals surface area contributed by atoms with Gasteiger partial charge in [0.15, 0.2) is 0 Å². The molecular formula is C28H44N4O2. The van der Waals surface area contributed by atoms with E-state index in [4.69, 9.17) is 0 Å². The van der Waals surface area contributed by atoms with Crippen LogP contribution in [0.5, 0.6) is 0 Å². The summed E-state index contributed by atoms with van der Waals surface area (Å²) in [6.45, 7) is 8.50. The van der Waals surface area contributed by atoms with Crippen molar-refractivity contribution in [3.05, 3.63) is 35.9 Å². The lowest BCUT2D eigenvalue weighted by molar-refractivity contribution is -0.130. The number of piperidine rings is 2. The highest BCUT2D eigenvalue weighted by Gasteiger charge is 2.51. The summed E-state index contributed by atoms with van der Waals surface area (Å²) in [7, 11) is 0. The second-order valence-corrected chi connectivity index (χ2v) is 10.8. The van der Waals surface area contributed by atoms with Crippen molar-refractivity contribution < 1.29 is 9.59 Å². The third kappa shape index (κ3) is 6.39. The summed E-state index contributed by atoms with van der Waals surface area (Å²) in [5.74, 6) is 0.290. The zero-order valence-electron chi connectivity index (χ0n) is 21.1. The Bertz CT molecular complexity index is 793. The van der Waals surface area contributed by atoms with Crippen molar-refractivity contribution in [2.45, 2.75) is 70.8 Å². The van der Waals surface area contributed by atoms with E-state index in [9.17, 15) is 9.59 Å². The van der Waals surface area contributed by atoms with Gasteiger partial charge in [0.1, 0.15) is 0 Å². The van der Waals surface area contributed by atoms with E-state index >= 15 is 0 Å². The molecule has 0 bridgehead atoms. The zero-order chi connectivity index (χ0) is 23.8. The van der Waals surface area contributed by atoms with Crippen LogP contribution in [0.3, 0.4) is 0 Å². The summed E-state index contributed by atoms with van der Waals surface area (Å²) < 4.78 is 0. The molecule has 0 aliphatic carbocycles. The van der Waals surface area contributed by atoms with E-state index in [1.165, 1.54) is 31.4 Å². The molecule has 34 heavy (non-hydrogen) atoms. The fourth-order valence-electron chi connectivity index (χ4n) is 6.30. The minimum Gasteiger partial charge on any atom is -0.356 e. The lowest BCUT2D eigenvalue weighted by Crippen LogP contribution is -2.47. The molecule has 3 heterocycles. The number of nitrogens with zero attached hydrogens (tertiary/aromatic N) is 2. The molecule has 2 N–H and O–H groups in total. The Morgan fingerprint density at radius 2 is 1.91 bits per heavy atom. The van der Waals surface area contributed by atoms with Crippen LogP contribution in [0.25, 0.3) is 0 Å². The van der Waals surface area contributed by atoms with Gasteiger partial charge in [-0.25, -0.2) is 0 Å². The number of aryl methyl sites for hydroxylation is 1. The highest BCUT2D eigenvalue weighted by molar-refractivity contribution is 5.83. The van der Waals surface area contributed by atoms with Gasteiger partial charge in [-0.05, 0) is 77.1 Å². The van der Waals surface area contributed by atoms with Crippen LogP contribution in [-0.4, -0.2) is 73.5 Å². The average Bonchev–Trinajstić information content (AvgIpc) is 3.22. The van der Waals surface area contributed by atoms with E-state index in [1.807, 2.05) is 11.0 Å². The molecule has 6 nitrogen and oxygen atoms in total. The molecule has 1 aromatic rings. The quantitative estimate of drug-likeness (QED) is 0.546. The Kier molecular flexibility index (Phi) is 9.01. The molecule has 2 atom stereocenters. The van der Waals surface area contributed by atoms with Crippen LogP contribution in [0.1, 0.15) is 63.9 Å². The molecule has 0 radical (unpaired) electrons. The lowest BCUT2D eigenvalue weighted by Gasteiger charge is -2.37. The third-order valence-electron chi connectivity index (χ3n) is 8.48. The predicted octanol–water partition coefficient (Wildman–Crippen LogP) is 3.22. The van der Waals surface area contributed by atoms with Gasteiger partial charge in [0.05, 0.1) is 5.92 Å². The van der Waals surface area contributed by atoms with Gasteiger partial charge in [-0.1, -0.05) is 36.8 Å². The molecule has 4 rings (SSSR count). The van der Waals surface area contributed by atoms with Crippen molar-refractivity contribution in [3.8, 4) is 0 Å². The molecule has 188 valence electrons. The molecule has 2 unspecified atom stereocenters. The summed E-state index contributed by atoms with van der Waals surface area (Å²) in [5, 5.41) is 6.69. The number of amides is 2. The molecule has 3 fully saturated rings. The van der Waals surface area contributed by atoms with Crippen LogP contribution in [0.15, 0.2) is 30.3 Å². The molecule has 1 spiro atoms. The van der Waals surface area contributed by atoms with Crippen molar-refractivity contribution in [1.82, 2.24) is 20.4 Å². The topological polar surface area (TPSA) is 64.7 Å². The number of benzene rings is 1. The molecule has 6 heteroatoms. The average molecular weight is 469 g/mol. The van der Waals surface area contributed by atoms with Gasteiger partial charge < -0.3 is 20.4 Å². The van der Waals surface area contributed by atoms with E-state index in [-0.39, 0.29) is 23.1 Å². The van der Waals surface area contributed by atoms with Gasteiger partial charge in [-0.2, -0.15) is 0 Å². The van der Waals surface area contributed by atoms with E-state index in [0.717, 1.165) is 64.8 Å². The van der Waals surface area contributed by atoms with Gasteiger partial charge in [-0.3, -0.25) is 9.59 Å². The number of nitrogens with one attached hydrogen (secondary N) is 2. The first-order valence-corrected chi connectivity index (χ1v) is 13.6. The summed E-state index contributed by atoms with van der Waals surface area (Å²) in [4.78, 5) is 30.9. The number of carbonyl (C=O) groups is 2. The van der Waals surface area contributed by atoms with E-state index < -0.39 is 0 Å². The molecular weight excluding hydrogens is 424 g/mol. The monoisotopic (exact) mass is 468 g/mol. The van der Waals surface area contributed by atoms with E-state index in [0.29, 0.717) is 19.0 Å². The lowest BCUT2D eigenvalue weighted by atomic mass is 9.71. The minimum absolute atomic E-state index is 0.0637. The van der Waals surface area contributed by atoms with Gasteiger partial charge in [-0.15, -0.1) is 0 Å².